The molecular formula is C11H19N3. The normalized spacial score (nSPS) is 12.6. The summed E-state index contributed by atoms with van der Waals surface area (Å²) >= 11 is 0. The molecule has 0 bridgehead atoms. The van der Waals surface area contributed by atoms with E-state index >= 15 is 0 Å². The van der Waals surface area contributed by atoms with Gasteiger partial charge in [0.1, 0.15) is 0 Å². The first kappa shape index (κ1) is 10.9. The number of nitrogens with zero attached hydrogens (tertiary/aromatic N) is 1. The maximum atomic E-state index is 5.86. The van der Waals surface area contributed by atoms with E-state index in [2.05, 4.69) is 17.9 Å². The summed E-state index contributed by atoms with van der Waals surface area (Å²) in [7, 11) is 0. The zero-order valence-corrected chi connectivity index (χ0v) is 9.12. The quantitative estimate of drug-likeness (QED) is 0.567. The molecule has 0 fully saturated rings. The van der Waals surface area contributed by atoms with Crippen molar-refractivity contribution in [3.63, 3.8) is 0 Å². The molecule has 0 aliphatic carbocycles. The molecule has 4 N–H and O–H groups in total. The SMILES string of the molecule is CCN(c1ccc(N)c(C)c1)C(C)N. The van der Waals surface area contributed by atoms with E-state index in [1.165, 1.54) is 0 Å². The number of benzene rings is 1. The van der Waals surface area contributed by atoms with Crippen LogP contribution in [0.3, 0.4) is 0 Å². The van der Waals surface area contributed by atoms with Crippen molar-refractivity contribution in [2.75, 3.05) is 17.2 Å². The highest BCUT2D eigenvalue weighted by Crippen LogP contribution is 2.20. The number of nitrogen functional groups attached to an aromatic ring is 1. The third-order valence-corrected chi connectivity index (χ3v) is 2.42. The molecule has 0 aliphatic heterocycles. The lowest BCUT2D eigenvalue weighted by Crippen LogP contribution is -2.39. The van der Waals surface area contributed by atoms with Gasteiger partial charge in [0, 0.05) is 17.9 Å². The van der Waals surface area contributed by atoms with Gasteiger partial charge in [-0.25, -0.2) is 0 Å². The first-order valence-corrected chi connectivity index (χ1v) is 4.94. The van der Waals surface area contributed by atoms with Crippen molar-refractivity contribution in [1.82, 2.24) is 0 Å². The molecule has 0 aliphatic rings. The number of nitrogens with two attached hydrogens (primary N) is 2. The Labute approximate surface area is 85.7 Å². The van der Waals surface area contributed by atoms with Gasteiger partial charge in [0.15, 0.2) is 0 Å². The lowest BCUT2D eigenvalue weighted by molar-refractivity contribution is 0.676. The molecule has 1 atom stereocenters. The molecule has 3 heteroatoms. The Morgan fingerprint density at radius 2 is 2.07 bits per heavy atom. The monoisotopic (exact) mass is 193 g/mol. The van der Waals surface area contributed by atoms with Gasteiger partial charge in [-0.2, -0.15) is 0 Å². The van der Waals surface area contributed by atoms with Crippen LogP contribution in [-0.2, 0) is 0 Å². The molecule has 1 aromatic carbocycles. The van der Waals surface area contributed by atoms with Crippen molar-refractivity contribution in [2.24, 2.45) is 5.73 Å². The van der Waals surface area contributed by atoms with Gasteiger partial charge >= 0.3 is 0 Å². The van der Waals surface area contributed by atoms with E-state index in [1.807, 2.05) is 26.0 Å². The minimum atomic E-state index is 0.0306. The number of anilines is 2. The average molecular weight is 193 g/mol. The lowest BCUT2D eigenvalue weighted by Gasteiger charge is -2.27. The van der Waals surface area contributed by atoms with Crippen LogP contribution in [0.15, 0.2) is 18.2 Å². The van der Waals surface area contributed by atoms with Crippen molar-refractivity contribution in [3.05, 3.63) is 23.8 Å². The second kappa shape index (κ2) is 4.33. The van der Waals surface area contributed by atoms with E-state index in [1.54, 1.807) is 0 Å². The number of rotatable bonds is 3. The van der Waals surface area contributed by atoms with Gasteiger partial charge in [-0.1, -0.05) is 0 Å². The number of hydrogen-bond donors (Lipinski definition) is 2. The summed E-state index contributed by atoms with van der Waals surface area (Å²) in [5.41, 5.74) is 14.7. The Kier molecular flexibility index (Phi) is 3.36. The van der Waals surface area contributed by atoms with Crippen LogP contribution in [0.1, 0.15) is 19.4 Å². The first-order valence-electron chi connectivity index (χ1n) is 4.94. The Bertz CT molecular complexity index is 307. The van der Waals surface area contributed by atoms with Crippen LogP contribution in [0.4, 0.5) is 11.4 Å². The summed E-state index contributed by atoms with van der Waals surface area (Å²) < 4.78 is 0. The van der Waals surface area contributed by atoms with Crippen LogP contribution < -0.4 is 16.4 Å². The summed E-state index contributed by atoms with van der Waals surface area (Å²) in [6.07, 6.45) is 0.0306. The van der Waals surface area contributed by atoms with Gasteiger partial charge < -0.3 is 16.4 Å². The summed E-state index contributed by atoms with van der Waals surface area (Å²) in [5, 5.41) is 0. The van der Waals surface area contributed by atoms with Crippen LogP contribution in [0.5, 0.6) is 0 Å². The van der Waals surface area contributed by atoms with Crippen LogP contribution >= 0.6 is 0 Å². The van der Waals surface area contributed by atoms with Crippen LogP contribution in [-0.4, -0.2) is 12.7 Å². The van der Waals surface area contributed by atoms with E-state index in [9.17, 15) is 0 Å². The fraction of sp³-hybridized carbons (Fsp3) is 0.455. The second-order valence-corrected chi connectivity index (χ2v) is 3.57. The molecule has 1 aromatic rings. The molecule has 1 rings (SSSR count). The van der Waals surface area contributed by atoms with Crippen LogP contribution in [0.2, 0.25) is 0 Å². The molecule has 0 radical (unpaired) electrons. The highest BCUT2D eigenvalue weighted by molar-refractivity contribution is 5.58. The average Bonchev–Trinajstić information content (AvgIpc) is 2.11. The zero-order chi connectivity index (χ0) is 10.7. The summed E-state index contributed by atoms with van der Waals surface area (Å²) in [6, 6.07) is 6.01. The largest absolute Gasteiger partial charge is 0.399 e. The standard InChI is InChI=1S/C11H19N3/c1-4-14(9(3)12)10-5-6-11(13)8(2)7-10/h5-7,9H,4,12-13H2,1-3H3. The zero-order valence-electron chi connectivity index (χ0n) is 9.12. The number of hydrogen-bond acceptors (Lipinski definition) is 3. The predicted molar refractivity (Wildman–Crippen MR) is 62.3 cm³/mol. The van der Waals surface area contributed by atoms with E-state index in [-0.39, 0.29) is 6.17 Å². The third-order valence-electron chi connectivity index (χ3n) is 2.42. The molecule has 0 saturated heterocycles. The van der Waals surface area contributed by atoms with Crippen molar-refractivity contribution in [2.45, 2.75) is 26.9 Å². The molecule has 14 heavy (non-hydrogen) atoms. The number of aryl methyl sites for hydroxylation is 1. The van der Waals surface area contributed by atoms with E-state index in [4.69, 9.17) is 11.5 Å². The summed E-state index contributed by atoms with van der Waals surface area (Å²) in [6.45, 7) is 6.99. The smallest absolute Gasteiger partial charge is 0.0742 e. The van der Waals surface area contributed by atoms with Crippen molar-refractivity contribution in [3.8, 4) is 0 Å². The van der Waals surface area contributed by atoms with Crippen molar-refractivity contribution >= 4 is 11.4 Å². The van der Waals surface area contributed by atoms with Crippen LogP contribution in [0, 0.1) is 6.92 Å². The topological polar surface area (TPSA) is 55.3 Å². The molecule has 3 nitrogen and oxygen atoms in total. The molecule has 0 saturated carbocycles. The van der Waals surface area contributed by atoms with E-state index in [0.717, 1.165) is 23.5 Å². The Hall–Kier alpha value is -1.22. The maximum Gasteiger partial charge on any atom is 0.0742 e. The Morgan fingerprint density at radius 3 is 2.50 bits per heavy atom. The fourth-order valence-electron chi connectivity index (χ4n) is 1.54. The Balaban J connectivity index is 3.00. The second-order valence-electron chi connectivity index (χ2n) is 3.57. The van der Waals surface area contributed by atoms with Gasteiger partial charge in [0.05, 0.1) is 6.17 Å². The summed E-state index contributed by atoms with van der Waals surface area (Å²) in [4.78, 5) is 2.13. The molecule has 0 aromatic heterocycles. The van der Waals surface area contributed by atoms with Gasteiger partial charge in [-0.3, -0.25) is 0 Å². The lowest BCUT2D eigenvalue weighted by atomic mass is 10.1. The third kappa shape index (κ3) is 2.17. The fourth-order valence-corrected chi connectivity index (χ4v) is 1.54. The first-order chi connectivity index (χ1) is 6.56. The van der Waals surface area contributed by atoms with E-state index < -0.39 is 0 Å². The predicted octanol–water partition coefficient (Wildman–Crippen LogP) is 1.71. The maximum absolute atomic E-state index is 5.86. The highest BCUT2D eigenvalue weighted by atomic mass is 15.2. The van der Waals surface area contributed by atoms with Crippen molar-refractivity contribution < 1.29 is 0 Å². The van der Waals surface area contributed by atoms with Crippen LogP contribution in [0.25, 0.3) is 0 Å². The van der Waals surface area contributed by atoms with E-state index in [0.29, 0.717) is 0 Å². The Morgan fingerprint density at radius 1 is 1.43 bits per heavy atom. The minimum Gasteiger partial charge on any atom is -0.399 e. The molecular weight excluding hydrogens is 174 g/mol. The van der Waals surface area contributed by atoms with Gasteiger partial charge in [0.2, 0.25) is 0 Å². The minimum absolute atomic E-state index is 0.0306. The van der Waals surface area contributed by atoms with Gasteiger partial charge in [-0.05, 0) is 44.5 Å². The van der Waals surface area contributed by atoms with Gasteiger partial charge in [0.25, 0.3) is 0 Å². The van der Waals surface area contributed by atoms with Crippen molar-refractivity contribution in [1.29, 1.82) is 0 Å². The molecule has 78 valence electrons. The molecule has 0 spiro atoms. The molecule has 0 amide bonds. The molecule has 1 unspecified atom stereocenters. The summed E-state index contributed by atoms with van der Waals surface area (Å²) in [5.74, 6) is 0. The highest BCUT2D eigenvalue weighted by Gasteiger charge is 2.08. The molecule has 0 heterocycles. The van der Waals surface area contributed by atoms with Gasteiger partial charge in [-0.15, -0.1) is 0 Å².